The van der Waals surface area contributed by atoms with Gasteiger partial charge in [0.15, 0.2) is 11.4 Å². The molecule has 1 aromatic carbocycles. The minimum absolute atomic E-state index is 0.0365. The van der Waals surface area contributed by atoms with Gasteiger partial charge in [-0.25, -0.2) is 4.79 Å². The predicted octanol–water partition coefficient (Wildman–Crippen LogP) is 3.66. The highest BCUT2D eigenvalue weighted by Gasteiger charge is 2.41. The van der Waals surface area contributed by atoms with E-state index in [1.54, 1.807) is 13.0 Å². The fraction of sp³-hybridized carbons (Fsp3) is 0.259. The summed E-state index contributed by atoms with van der Waals surface area (Å²) in [6, 6.07) is 11.0. The summed E-state index contributed by atoms with van der Waals surface area (Å²) in [5, 5.41) is 24.4. The van der Waals surface area contributed by atoms with E-state index in [1.165, 1.54) is 15.7 Å². The van der Waals surface area contributed by atoms with Crippen molar-refractivity contribution in [2.75, 3.05) is 6.54 Å². The number of benzene rings is 1. The van der Waals surface area contributed by atoms with Gasteiger partial charge in [-0.1, -0.05) is 59.8 Å². The Hall–Kier alpha value is -4.40. The van der Waals surface area contributed by atoms with Gasteiger partial charge in [0.05, 0.1) is 12.6 Å². The van der Waals surface area contributed by atoms with E-state index in [0.29, 0.717) is 11.5 Å². The van der Waals surface area contributed by atoms with Crippen molar-refractivity contribution in [2.45, 2.75) is 31.8 Å². The van der Waals surface area contributed by atoms with Crippen molar-refractivity contribution in [2.24, 2.45) is 5.92 Å². The number of carboxylic acids is 1. The number of carbonyl (C=O) groups is 2. The smallest absolute Gasteiger partial charge is 0.341 e. The number of allylic oxidation sites excluding steroid dienone is 4. The van der Waals surface area contributed by atoms with Gasteiger partial charge in [0.2, 0.25) is 5.43 Å². The second-order valence-corrected chi connectivity index (χ2v) is 9.11. The zero-order chi connectivity index (χ0) is 25.4. The molecule has 1 amide bonds. The molecule has 1 aliphatic heterocycles. The molecular weight excluding hydrogens is 462 g/mol. The minimum Gasteiger partial charge on any atom is -0.503 e. The summed E-state index contributed by atoms with van der Waals surface area (Å²) in [4.78, 5) is 39.6. The SMILES string of the molecule is Cc1cc(CN2C[C@H](C(c3ccccc3)C3C=CC=CC3)n3cc(C(=O)O)c(=O)c(O)c3C2=O)no1. The molecule has 5 rings (SSSR count). The molecule has 0 saturated carbocycles. The van der Waals surface area contributed by atoms with E-state index in [2.05, 4.69) is 17.3 Å². The van der Waals surface area contributed by atoms with Crippen LogP contribution in [0.15, 0.2) is 76.2 Å². The zero-order valence-corrected chi connectivity index (χ0v) is 19.6. The third-order valence-corrected chi connectivity index (χ3v) is 6.80. The van der Waals surface area contributed by atoms with Gasteiger partial charge in [-0.2, -0.15) is 0 Å². The molecule has 2 N–H and O–H groups in total. The van der Waals surface area contributed by atoms with Gasteiger partial charge in [-0.3, -0.25) is 9.59 Å². The van der Waals surface area contributed by atoms with Crippen LogP contribution in [0.3, 0.4) is 0 Å². The van der Waals surface area contributed by atoms with Gasteiger partial charge in [0.1, 0.15) is 17.0 Å². The molecule has 9 heteroatoms. The summed E-state index contributed by atoms with van der Waals surface area (Å²) in [5.41, 5.74) is -0.358. The van der Waals surface area contributed by atoms with E-state index in [-0.39, 0.29) is 30.6 Å². The summed E-state index contributed by atoms with van der Waals surface area (Å²) in [6.07, 6.45) is 10.0. The number of hydrogen-bond acceptors (Lipinski definition) is 6. The van der Waals surface area contributed by atoms with Gasteiger partial charge in [-0.05, 0) is 24.8 Å². The molecule has 2 aliphatic rings. The Balaban J connectivity index is 1.70. The molecule has 2 aromatic heterocycles. The number of rotatable bonds is 6. The van der Waals surface area contributed by atoms with Crippen LogP contribution in [-0.4, -0.2) is 43.3 Å². The molecule has 184 valence electrons. The molecule has 36 heavy (non-hydrogen) atoms. The Morgan fingerprint density at radius 3 is 2.64 bits per heavy atom. The summed E-state index contributed by atoms with van der Waals surface area (Å²) in [7, 11) is 0. The zero-order valence-electron chi connectivity index (χ0n) is 19.6. The second kappa shape index (κ2) is 9.33. The van der Waals surface area contributed by atoms with E-state index in [4.69, 9.17) is 4.52 Å². The molecule has 0 fully saturated rings. The van der Waals surface area contributed by atoms with E-state index < -0.39 is 34.7 Å². The molecule has 3 aromatic rings. The van der Waals surface area contributed by atoms with E-state index in [0.717, 1.165) is 12.0 Å². The molecule has 0 spiro atoms. The van der Waals surface area contributed by atoms with Crippen molar-refractivity contribution in [3.63, 3.8) is 0 Å². The van der Waals surface area contributed by atoms with Crippen molar-refractivity contribution < 1.29 is 24.3 Å². The standard InChI is InChI=1S/C27H25N3O6/c1-16-12-19(28-36-16)13-29-15-21(22(17-8-4-2-5-9-17)18-10-6-3-7-11-18)30-14-20(27(34)35)24(31)25(32)23(30)26(29)33/h2-10,12,14,18,21-22,32H,11,13,15H2,1H3,(H,34,35)/t18?,21-,22?/m1/s1. The summed E-state index contributed by atoms with van der Waals surface area (Å²) < 4.78 is 6.64. The average molecular weight is 488 g/mol. The number of amides is 1. The highest BCUT2D eigenvalue weighted by Crippen LogP contribution is 2.43. The fourth-order valence-corrected chi connectivity index (χ4v) is 5.20. The molecule has 1 aliphatic carbocycles. The van der Waals surface area contributed by atoms with Crippen molar-refractivity contribution in [1.29, 1.82) is 0 Å². The van der Waals surface area contributed by atoms with Gasteiger partial charge in [-0.15, -0.1) is 0 Å². The highest BCUT2D eigenvalue weighted by atomic mass is 16.5. The number of aromatic hydroxyl groups is 1. The molecule has 0 saturated heterocycles. The maximum Gasteiger partial charge on any atom is 0.341 e. The normalized spacial score (nSPS) is 19.8. The maximum absolute atomic E-state index is 13.5. The highest BCUT2D eigenvalue weighted by molar-refractivity contribution is 5.97. The minimum atomic E-state index is -1.46. The first-order valence-corrected chi connectivity index (χ1v) is 11.7. The van der Waals surface area contributed by atoms with Crippen molar-refractivity contribution in [3.05, 3.63) is 105 Å². The second-order valence-electron chi connectivity index (χ2n) is 9.11. The van der Waals surface area contributed by atoms with Crippen molar-refractivity contribution >= 4 is 11.9 Å². The lowest BCUT2D eigenvalue weighted by Crippen LogP contribution is -2.47. The maximum atomic E-state index is 13.5. The Bertz CT molecular complexity index is 1440. The van der Waals surface area contributed by atoms with Gasteiger partial charge in [0, 0.05) is 24.7 Å². The molecule has 0 radical (unpaired) electrons. The molecule has 0 bridgehead atoms. The first-order chi connectivity index (χ1) is 17.3. The van der Waals surface area contributed by atoms with Crippen LogP contribution in [-0.2, 0) is 6.54 Å². The Morgan fingerprint density at radius 1 is 1.22 bits per heavy atom. The summed E-state index contributed by atoms with van der Waals surface area (Å²) in [6.45, 7) is 2.08. The number of aromatic nitrogens is 2. The number of pyridine rings is 1. The van der Waals surface area contributed by atoms with Gasteiger partial charge >= 0.3 is 5.97 Å². The lowest BCUT2D eigenvalue weighted by molar-refractivity contribution is 0.0602. The van der Waals surface area contributed by atoms with Crippen LogP contribution in [0, 0.1) is 12.8 Å². The topological polar surface area (TPSA) is 126 Å². The van der Waals surface area contributed by atoms with Crippen LogP contribution in [0.5, 0.6) is 5.75 Å². The van der Waals surface area contributed by atoms with E-state index in [9.17, 15) is 24.6 Å². The van der Waals surface area contributed by atoms with Crippen LogP contribution in [0.1, 0.15) is 56.2 Å². The van der Waals surface area contributed by atoms with Crippen LogP contribution >= 0.6 is 0 Å². The largest absolute Gasteiger partial charge is 0.503 e. The van der Waals surface area contributed by atoms with Crippen molar-refractivity contribution in [3.8, 4) is 5.75 Å². The Labute approximate surface area is 206 Å². The third kappa shape index (κ3) is 4.13. The van der Waals surface area contributed by atoms with Gasteiger partial charge in [0.25, 0.3) is 5.91 Å². The molecular formula is C27H25N3O6. The Kier molecular flexibility index (Phi) is 6.05. The van der Waals surface area contributed by atoms with Gasteiger partial charge < -0.3 is 24.2 Å². The quantitative estimate of drug-likeness (QED) is 0.543. The summed E-state index contributed by atoms with van der Waals surface area (Å²) in [5.74, 6) is -2.47. The van der Waals surface area contributed by atoms with E-state index >= 15 is 0 Å². The lowest BCUT2D eigenvalue weighted by Gasteiger charge is -2.42. The number of aryl methyl sites for hydroxylation is 1. The van der Waals surface area contributed by atoms with E-state index in [1.807, 2.05) is 42.5 Å². The van der Waals surface area contributed by atoms with Crippen LogP contribution in [0.4, 0.5) is 0 Å². The average Bonchev–Trinajstić information content (AvgIpc) is 3.29. The number of hydrogen-bond donors (Lipinski definition) is 2. The molecule has 3 heterocycles. The number of carbonyl (C=O) groups excluding carboxylic acids is 1. The molecule has 9 nitrogen and oxygen atoms in total. The fourth-order valence-electron chi connectivity index (χ4n) is 5.20. The van der Waals surface area contributed by atoms with Crippen LogP contribution in [0.25, 0.3) is 0 Å². The first-order valence-electron chi connectivity index (χ1n) is 11.7. The number of aromatic carboxylic acids is 1. The number of carboxylic acid groups (broad SMARTS) is 1. The lowest BCUT2D eigenvalue weighted by atomic mass is 9.76. The summed E-state index contributed by atoms with van der Waals surface area (Å²) >= 11 is 0. The molecule has 2 unspecified atom stereocenters. The third-order valence-electron chi connectivity index (χ3n) is 6.80. The number of nitrogens with zero attached hydrogens (tertiary/aromatic N) is 3. The first kappa shape index (κ1) is 23.3. The number of fused-ring (bicyclic) bond motifs is 1. The van der Waals surface area contributed by atoms with Crippen LogP contribution < -0.4 is 5.43 Å². The molecule has 3 atom stereocenters. The predicted molar refractivity (Wildman–Crippen MR) is 130 cm³/mol. The van der Waals surface area contributed by atoms with Crippen molar-refractivity contribution in [1.82, 2.24) is 14.6 Å². The Morgan fingerprint density at radius 2 is 2.00 bits per heavy atom. The van der Waals surface area contributed by atoms with Crippen LogP contribution in [0.2, 0.25) is 0 Å². The monoisotopic (exact) mass is 487 g/mol.